The fourth-order valence-electron chi connectivity index (χ4n) is 2.35. The number of anilines is 2. The van der Waals surface area contributed by atoms with E-state index in [4.69, 9.17) is 5.73 Å². The lowest BCUT2D eigenvalue weighted by Crippen LogP contribution is -2.31. The SMILES string of the molecule is CC(C)CCC(=O)N(Cc1ccccc1)c1ccccc1N. The van der Waals surface area contributed by atoms with E-state index in [1.807, 2.05) is 54.6 Å². The maximum Gasteiger partial charge on any atom is 0.227 e. The summed E-state index contributed by atoms with van der Waals surface area (Å²) in [5.41, 5.74) is 8.60. The van der Waals surface area contributed by atoms with Gasteiger partial charge in [-0.15, -0.1) is 0 Å². The third kappa shape index (κ3) is 4.35. The van der Waals surface area contributed by atoms with Gasteiger partial charge >= 0.3 is 0 Å². The molecular weight excluding hydrogens is 272 g/mol. The molecule has 0 spiro atoms. The first-order valence-electron chi connectivity index (χ1n) is 7.76. The van der Waals surface area contributed by atoms with E-state index in [-0.39, 0.29) is 5.91 Å². The lowest BCUT2D eigenvalue weighted by atomic mass is 10.1. The summed E-state index contributed by atoms with van der Waals surface area (Å²) in [6.07, 6.45) is 1.43. The number of para-hydroxylation sites is 2. The van der Waals surface area contributed by atoms with Crippen LogP contribution >= 0.6 is 0 Å². The molecule has 0 bridgehead atoms. The van der Waals surface area contributed by atoms with Gasteiger partial charge < -0.3 is 10.6 Å². The van der Waals surface area contributed by atoms with E-state index < -0.39 is 0 Å². The van der Waals surface area contributed by atoms with Crippen molar-refractivity contribution in [3.8, 4) is 0 Å². The van der Waals surface area contributed by atoms with Crippen molar-refractivity contribution in [2.45, 2.75) is 33.2 Å². The highest BCUT2D eigenvalue weighted by molar-refractivity contribution is 5.96. The van der Waals surface area contributed by atoms with Crippen LogP contribution < -0.4 is 10.6 Å². The van der Waals surface area contributed by atoms with Crippen molar-refractivity contribution >= 4 is 17.3 Å². The topological polar surface area (TPSA) is 46.3 Å². The highest BCUT2D eigenvalue weighted by Gasteiger charge is 2.18. The molecule has 0 aliphatic rings. The first kappa shape index (κ1) is 16.1. The van der Waals surface area contributed by atoms with Crippen LogP contribution in [0.3, 0.4) is 0 Å². The van der Waals surface area contributed by atoms with Crippen LogP contribution in [0, 0.1) is 5.92 Å². The maximum absolute atomic E-state index is 12.7. The molecule has 1 amide bonds. The number of hydrogen-bond donors (Lipinski definition) is 1. The minimum absolute atomic E-state index is 0.121. The minimum atomic E-state index is 0.121. The third-order valence-corrected chi connectivity index (χ3v) is 3.65. The molecule has 0 unspecified atom stereocenters. The quantitative estimate of drug-likeness (QED) is 0.810. The second-order valence-electron chi connectivity index (χ2n) is 5.96. The Bertz CT molecular complexity index is 608. The van der Waals surface area contributed by atoms with Crippen molar-refractivity contribution < 1.29 is 4.79 Å². The largest absolute Gasteiger partial charge is 0.397 e. The highest BCUT2D eigenvalue weighted by Crippen LogP contribution is 2.25. The predicted molar refractivity (Wildman–Crippen MR) is 92.6 cm³/mol. The molecular formula is C19H24N2O. The molecule has 0 saturated carbocycles. The van der Waals surface area contributed by atoms with Gasteiger partial charge in [-0.2, -0.15) is 0 Å². The molecule has 2 rings (SSSR count). The number of rotatable bonds is 6. The lowest BCUT2D eigenvalue weighted by molar-refractivity contribution is -0.119. The Hall–Kier alpha value is -2.29. The molecule has 0 saturated heterocycles. The van der Waals surface area contributed by atoms with E-state index in [1.54, 1.807) is 4.90 Å². The van der Waals surface area contributed by atoms with Crippen LogP contribution in [0.5, 0.6) is 0 Å². The number of nitrogen functional groups attached to an aromatic ring is 1. The van der Waals surface area contributed by atoms with Gasteiger partial charge in [-0.3, -0.25) is 4.79 Å². The van der Waals surface area contributed by atoms with Gasteiger partial charge in [-0.05, 0) is 30.0 Å². The van der Waals surface area contributed by atoms with E-state index >= 15 is 0 Å². The molecule has 0 heterocycles. The maximum atomic E-state index is 12.7. The molecule has 0 aliphatic heterocycles. The number of nitrogens with two attached hydrogens (primary N) is 1. The summed E-state index contributed by atoms with van der Waals surface area (Å²) < 4.78 is 0. The summed E-state index contributed by atoms with van der Waals surface area (Å²) in [6.45, 7) is 4.81. The van der Waals surface area contributed by atoms with E-state index in [2.05, 4.69) is 13.8 Å². The van der Waals surface area contributed by atoms with Gasteiger partial charge in [0, 0.05) is 6.42 Å². The smallest absolute Gasteiger partial charge is 0.227 e. The Balaban J connectivity index is 2.24. The zero-order valence-electron chi connectivity index (χ0n) is 13.3. The molecule has 2 N–H and O–H groups in total. The van der Waals surface area contributed by atoms with Crippen LogP contribution in [0.15, 0.2) is 54.6 Å². The van der Waals surface area contributed by atoms with Crippen molar-refractivity contribution in [1.29, 1.82) is 0 Å². The molecule has 0 fully saturated rings. The molecule has 0 aliphatic carbocycles. The van der Waals surface area contributed by atoms with E-state index in [1.165, 1.54) is 0 Å². The standard InChI is InChI=1S/C19H24N2O/c1-15(2)12-13-19(22)21(14-16-8-4-3-5-9-16)18-11-7-6-10-17(18)20/h3-11,15H,12-14,20H2,1-2H3. The van der Waals surface area contributed by atoms with Crippen molar-refractivity contribution in [3.05, 3.63) is 60.2 Å². The second kappa shape index (κ2) is 7.64. The van der Waals surface area contributed by atoms with Crippen LogP contribution in [0.2, 0.25) is 0 Å². The van der Waals surface area contributed by atoms with Gasteiger partial charge in [0.1, 0.15) is 0 Å². The monoisotopic (exact) mass is 296 g/mol. The Morgan fingerprint density at radius 1 is 1.05 bits per heavy atom. The average molecular weight is 296 g/mol. The second-order valence-corrected chi connectivity index (χ2v) is 5.96. The van der Waals surface area contributed by atoms with Crippen molar-refractivity contribution in [2.75, 3.05) is 10.6 Å². The Labute approximate surface area is 132 Å². The number of hydrogen-bond acceptors (Lipinski definition) is 2. The fourth-order valence-corrected chi connectivity index (χ4v) is 2.35. The van der Waals surface area contributed by atoms with Gasteiger partial charge in [0.05, 0.1) is 17.9 Å². The Morgan fingerprint density at radius 3 is 2.32 bits per heavy atom. The number of benzene rings is 2. The number of amides is 1. The van der Waals surface area contributed by atoms with Crippen LogP contribution in [-0.4, -0.2) is 5.91 Å². The van der Waals surface area contributed by atoms with Gasteiger partial charge in [0.2, 0.25) is 5.91 Å². The summed E-state index contributed by atoms with van der Waals surface area (Å²) in [4.78, 5) is 14.5. The molecule has 2 aromatic rings. The third-order valence-electron chi connectivity index (χ3n) is 3.65. The van der Waals surface area contributed by atoms with Crippen LogP contribution in [0.25, 0.3) is 0 Å². The molecule has 22 heavy (non-hydrogen) atoms. The first-order chi connectivity index (χ1) is 10.6. The Morgan fingerprint density at radius 2 is 1.68 bits per heavy atom. The van der Waals surface area contributed by atoms with E-state index in [9.17, 15) is 4.79 Å². The van der Waals surface area contributed by atoms with Crippen LogP contribution in [0.1, 0.15) is 32.3 Å². The zero-order valence-corrected chi connectivity index (χ0v) is 13.3. The normalized spacial score (nSPS) is 10.7. The molecule has 0 atom stereocenters. The van der Waals surface area contributed by atoms with Crippen LogP contribution in [-0.2, 0) is 11.3 Å². The summed E-state index contributed by atoms with van der Waals surface area (Å²) >= 11 is 0. The van der Waals surface area contributed by atoms with Gasteiger partial charge in [-0.25, -0.2) is 0 Å². The van der Waals surface area contributed by atoms with Gasteiger partial charge in [-0.1, -0.05) is 56.3 Å². The average Bonchev–Trinajstić information content (AvgIpc) is 2.52. The van der Waals surface area contributed by atoms with Gasteiger partial charge in [0.25, 0.3) is 0 Å². The molecule has 116 valence electrons. The predicted octanol–water partition coefficient (Wildman–Crippen LogP) is 4.24. The van der Waals surface area contributed by atoms with E-state index in [0.29, 0.717) is 24.6 Å². The molecule has 0 radical (unpaired) electrons. The van der Waals surface area contributed by atoms with Gasteiger partial charge in [0.15, 0.2) is 0 Å². The molecule has 3 heteroatoms. The summed E-state index contributed by atoms with van der Waals surface area (Å²) in [6, 6.07) is 17.6. The summed E-state index contributed by atoms with van der Waals surface area (Å²) in [5, 5.41) is 0. The number of nitrogens with zero attached hydrogens (tertiary/aromatic N) is 1. The minimum Gasteiger partial charge on any atom is -0.397 e. The summed E-state index contributed by atoms with van der Waals surface area (Å²) in [7, 11) is 0. The lowest BCUT2D eigenvalue weighted by Gasteiger charge is -2.25. The Kier molecular flexibility index (Phi) is 5.59. The van der Waals surface area contributed by atoms with Crippen molar-refractivity contribution in [3.63, 3.8) is 0 Å². The zero-order chi connectivity index (χ0) is 15.9. The number of carbonyl (C=O) groups is 1. The fraction of sp³-hybridized carbons (Fsp3) is 0.316. The van der Waals surface area contributed by atoms with Crippen LogP contribution in [0.4, 0.5) is 11.4 Å². The molecule has 2 aromatic carbocycles. The van der Waals surface area contributed by atoms with Crippen molar-refractivity contribution in [2.24, 2.45) is 5.92 Å². The van der Waals surface area contributed by atoms with E-state index in [0.717, 1.165) is 17.7 Å². The highest BCUT2D eigenvalue weighted by atomic mass is 16.2. The first-order valence-corrected chi connectivity index (χ1v) is 7.76. The molecule has 3 nitrogen and oxygen atoms in total. The summed E-state index contributed by atoms with van der Waals surface area (Å²) in [5.74, 6) is 0.631. The molecule has 0 aromatic heterocycles. The number of carbonyl (C=O) groups excluding carboxylic acids is 1. The van der Waals surface area contributed by atoms with Crippen molar-refractivity contribution in [1.82, 2.24) is 0 Å².